The van der Waals surface area contributed by atoms with Crippen molar-refractivity contribution < 1.29 is 49.4 Å². The summed E-state index contributed by atoms with van der Waals surface area (Å²) < 4.78 is 126. The van der Waals surface area contributed by atoms with Crippen molar-refractivity contribution in [3.8, 4) is 17.2 Å². The molecular weight excluding hydrogens is 1040 g/mol. The molecule has 0 heterocycles. The van der Waals surface area contributed by atoms with Crippen LogP contribution in [0.5, 0.6) is 17.2 Å². The summed E-state index contributed by atoms with van der Waals surface area (Å²) >= 11 is 0. The second kappa shape index (κ2) is 22.6. The topological polar surface area (TPSA) is 46.2 Å². The summed E-state index contributed by atoms with van der Waals surface area (Å²) in [5.41, 5.74) is -1.60. The van der Waals surface area contributed by atoms with Crippen LogP contribution in [0.25, 0.3) is 0 Å². The summed E-state index contributed by atoms with van der Waals surface area (Å²) in [7, 11) is -2.13. The Morgan fingerprint density at radius 3 is 0.833 bits per heavy atom. The fourth-order valence-electron chi connectivity index (χ4n) is 10.5. The number of hydrogen-bond donors (Lipinski definition) is 0. The Morgan fingerprint density at radius 1 is 0.346 bits per heavy atom. The standard InChI is InChI=1S/C64H59BF6O5P2/c1-48(2)72-54-39-35-50(36-40-54)46-77(57-23-11-5-12-24-57,58-25-13-6-14-26-58,59-27-15-7-16-28-59)75-65(74-56-44-52(63(66,67)68)43-53(45-56)64(69,70)71)76-78(60-29-17-8-18-30-60,61-31-19-9-20-32-61,62-33-21-10-22-34-62)47-51-37-41-55(42-38-51)73-49(3)4/h5-45,48-49H,46-47H2,1-4H3. The van der Waals surface area contributed by atoms with Crippen LogP contribution < -0.4 is 46.0 Å². The van der Waals surface area contributed by atoms with E-state index in [1.54, 1.807) is 0 Å². The molecule has 0 bridgehead atoms. The normalized spacial score (nSPS) is 13.2. The fourth-order valence-corrected chi connectivity index (χ4v) is 21.9. The van der Waals surface area contributed by atoms with Gasteiger partial charge in [0.05, 0.1) is 0 Å². The fraction of sp³-hybridized carbons (Fsp3) is 0.156. The molecule has 0 fully saturated rings. The zero-order valence-electron chi connectivity index (χ0n) is 43.5. The Labute approximate surface area is 453 Å². The molecule has 0 N–H and O–H groups in total. The molecule has 0 saturated carbocycles. The first-order chi connectivity index (χ1) is 37.4. The van der Waals surface area contributed by atoms with Crippen LogP contribution in [0, 0.1) is 0 Å². The average Bonchev–Trinajstić information content (AvgIpc) is 2.65. The molecule has 78 heavy (non-hydrogen) atoms. The molecular formula is C64H59BF6O5P2. The van der Waals surface area contributed by atoms with Crippen molar-refractivity contribution in [1.82, 2.24) is 0 Å². The minimum atomic E-state index is -5.22. The molecule has 0 spiro atoms. The van der Waals surface area contributed by atoms with Gasteiger partial charge in [0.1, 0.15) is 0 Å². The molecule has 0 radical (unpaired) electrons. The number of halogens is 6. The van der Waals surface area contributed by atoms with E-state index in [1.165, 1.54) is 0 Å². The third-order valence-electron chi connectivity index (χ3n) is 13.8. The Balaban J connectivity index is 1.45. The minimum absolute atomic E-state index is 0.0821. The van der Waals surface area contributed by atoms with E-state index in [2.05, 4.69) is 0 Å². The van der Waals surface area contributed by atoms with Gasteiger partial charge in [0, 0.05) is 0 Å². The summed E-state index contributed by atoms with van der Waals surface area (Å²) in [5.74, 6) is 0.459. The van der Waals surface area contributed by atoms with Crippen molar-refractivity contribution in [1.29, 1.82) is 0 Å². The van der Waals surface area contributed by atoms with Gasteiger partial charge in [0.15, 0.2) is 0 Å². The first-order valence-corrected chi connectivity index (χ1v) is 30.3. The second-order valence-electron chi connectivity index (χ2n) is 19.7. The van der Waals surface area contributed by atoms with Gasteiger partial charge in [0.25, 0.3) is 0 Å². The number of ether oxygens (including phenoxy) is 2. The molecule has 14 heteroatoms. The van der Waals surface area contributed by atoms with Crippen LogP contribution in [0.3, 0.4) is 0 Å². The van der Waals surface area contributed by atoms with E-state index in [1.807, 2.05) is 258 Å². The first kappa shape index (κ1) is 55.6. The molecule has 0 aliphatic heterocycles. The predicted molar refractivity (Wildman–Crippen MR) is 307 cm³/mol. The van der Waals surface area contributed by atoms with Crippen LogP contribution in [0.2, 0.25) is 0 Å². The van der Waals surface area contributed by atoms with Crippen molar-refractivity contribution in [3.63, 3.8) is 0 Å². The zero-order valence-corrected chi connectivity index (χ0v) is 45.3. The molecule has 0 saturated heterocycles. The second-order valence-corrected chi connectivity index (χ2v) is 28.7. The summed E-state index contributed by atoms with van der Waals surface area (Å²) in [6, 6.07) is 73.7. The average molecular weight is 1090 g/mol. The van der Waals surface area contributed by atoms with Crippen molar-refractivity contribution in [2.24, 2.45) is 0 Å². The molecule has 9 aromatic rings. The first-order valence-electron chi connectivity index (χ1n) is 25.6. The van der Waals surface area contributed by atoms with E-state index in [9.17, 15) is 0 Å². The number of rotatable bonds is 20. The monoisotopic (exact) mass is 1090 g/mol. The number of hydrogen-bond acceptors (Lipinski definition) is 5. The van der Waals surface area contributed by atoms with Crippen molar-refractivity contribution in [2.45, 2.75) is 64.6 Å². The molecule has 0 aromatic heterocycles. The number of alkyl halides is 6. The van der Waals surface area contributed by atoms with Gasteiger partial charge in [-0.05, 0) is 0 Å². The predicted octanol–water partition coefficient (Wildman–Crippen LogP) is 15.0. The molecule has 9 rings (SSSR count). The Hall–Kier alpha value is -7.20. The van der Waals surface area contributed by atoms with Gasteiger partial charge in [-0.15, -0.1) is 0 Å². The van der Waals surface area contributed by atoms with Gasteiger partial charge < -0.3 is 0 Å². The van der Waals surface area contributed by atoms with Crippen molar-refractivity contribution in [2.75, 3.05) is 0 Å². The maximum absolute atomic E-state index is 15.1. The summed E-state index contributed by atoms with van der Waals surface area (Å²) in [5, 5.41) is 4.00. The molecule has 0 unspecified atom stereocenters. The van der Waals surface area contributed by atoms with E-state index in [0.29, 0.717) is 55.5 Å². The van der Waals surface area contributed by atoms with Crippen LogP contribution in [-0.2, 0) is 33.6 Å². The summed E-state index contributed by atoms with van der Waals surface area (Å²) in [4.78, 5) is 0. The van der Waals surface area contributed by atoms with E-state index < -0.39 is 50.2 Å². The Morgan fingerprint density at radius 2 is 0.603 bits per heavy atom. The SMILES string of the molecule is CC(C)Oc1ccc(CP(OB(Oc2cc(C(F)(F)F)cc(C(F)(F)F)c2)OP(Cc2ccc(OC(C)C)cc2)(c2ccccc2)(c2ccccc2)c2ccccc2)(c2ccccc2)(c2ccccc2)c2ccccc2)cc1. The quantitative estimate of drug-likeness (QED) is 0.0432. The van der Waals surface area contributed by atoms with Gasteiger partial charge in [-0.1, -0.05) is 0 Å². The summed E-state index contributed by atoms with van der Waals surface area (Å²) in [6.07, 6.45) is -10.5. The van der Waals surface area contributed by atoms with E-state index in [0.717, 1.165) is 11.1 Å². The van der Waals surface area contributed by atoms with Gasteiger partial charge in [0.2, 0.25) is 0 Å². The molecule has 9 aromatic carbocycles. The van der Waals surface area contributed by atoms with E-state index in [-0.39, 0.29) is 30.6 Å². The third-order valence-corrected chi connectivity index (χ3v) is 25.4. The van der Waals surface area contributed by atoms with Crippen molar-refractivity contribution in [3.05, 3.63) is 271 Å². The van der Waals surface area contributed by atoms with Crippen LogP contribution in [-0.4, -0.2) is 19.5 Å². The van der Waals surface area contributed by atoms with Crippen LogP contribution >= 0.6 is 13.7 Å². The molecule has 5 nitrogen and oxygen atoms in total. The molecule has 0 aliphatic rings. The van der Waals surface area contributed by atoms with E-state index >= 15 is 26.3 Å². The Kier molecular flexibility index (Phi) is 16.1. The van der Waals surface area contributed by atoms with Gasteiger partial charge in [-0.25, -0.2) is 0 Å². The van der Waals surface area contributed by atoms with Crippen LogP contribution in [0.1, 0.15) is 49.9 Å². The molecule has 0 aliphatic carbocycles. The number of benzene rings is 9. The van der Waals surface area contributed by atoms with Crippen LogP contribution in [0.4, 0.5) is 26.3 Å². The van der Waals surface area contributed by atoms with Crippen molar-refractivity contribution >= 4 is 52.8 Å². The zero-order chi connectivity index (χ0) is 55.1. The molecule has 400 valence electrons. The Bertz CT molecular complexity index is 2950. The maximum atomic E-state index is 15.1. The van der Waals surface area contributed by atoms with Gasteiger partial charge in [-0.3, -0.25) is 0 Å². The van der Waals surface area contributed by atoms with E-state index in [4.69, 9.17) is 23.0 Å². The summed E-state index contributed by atoms with van der Waals surface area (Å²) in [6.45, 7) is -2.12. The van der Waals surface area contributed by atoms with Gasteiger partial charge >= 0.3 is 455 Å². The molecule has 0 atom stereocenters. The van der Waals surface area contributed by atoms with Crippen LogP contribution in [0.15, 0.2) is 249 Å². The van der Waals surface area contributed by atoms with Gasteiger partial charge in [-0.2, -0.15) is 0 Å². The molecule has 0 amide bonds. The third kappa shape index (κ3) is 11.1.